The zero-order valence-corrected chi connectivity index (χ0v) is 21.5. The number of nitro groups is 1. The molecule has 1 aromatic heterocycles. The van der Waals surface area contributed by atoms with Crippen LogP contribution < -0.4 is 5.32 Å². The summed E-state index contributed by atoms with van der Waals surface area (Å²) in [6.07, 6.45) is 6.72. The van der Waals surface area contributed by atoms with E-state index in [1.165, 1.54) is 12.1 Å². The van der Waals surface area contributed by atoms with Crippen molar-refractivity contribution in [2.75, 3.05) is 20.1 Å². The van der Waals surface area contributed by atoms with Gasteiger partial charge in [-0.2, -0.15) is 0 Å². The van der Waals surface area contributed by atoms with Crippen LogP contribution in [0.25, 0.3) is 11.4 Å². The van der Waals surface area contributed by atoms with Crippen LogP contribution in [0.3, 0.4) is 0 Å². The van der Waals surface area contributed by atoms with Gasteiger partial charge in [0.05, 0.1) is 4.92 Å². The van der Waals surface area contributed by atoms with Gasteiger partial charge in [0.25, 0.3) is 5.69 Å². The maximum Gasteiger partial charge on any atom is 0.270 e. The number of hydrogen-bond acceptors (Lipinski definition) is 6. The van der Waals surface area contributed by atoms with Crippen molar-refractivity contribution < 1.29 is 14.5 Å². The van der Waals surface area contributed by atoms with Gasteiger partial charge < -0.3 is 15.2 Å². The second-order valence-electron chi connectivity index (χ2n) is 11.1. The predicted octanol–water partition coefficient (Wildman–Crippen LogP) is 4.14. The fourth-order valence-electron chi connectivity index (χ4n) is 5.76. The molecule has 194 valence electrons. The number of piperidine rings is 1. The quantitative estimate of drug-likeness (QED) is 0.377. The summed E-state index contributed by atoms with van der Waals surface area (Å²) in [6.45, 7) is 6.39. The van der Waals surface area contributed by atoms with Gasteiger partial charge >= 0.3 is 0 Å². The van der Waals surface area contributed by atoms with Crippen LogP contribution in [0.2, 0.25) is 0 Å². The molecule has 0 spiro atoms. The fourth-order valence-corrected chi connectivity index (χ4v) is 5.76. The number of carbonyl (C=O) groups excluding carboxylic acids is 2. The Morgan fingerprint density at radius 3 is 2.69 bits per heavy atom. The number of rotatable bonds is 10. The lowest BCUT2D eigenvalue weighted by atomic mass is 9.53. The minimum Gasteiger partial charge on any atom is -0.353 e. The van der Waals surface area contributed by atoms with E-state index < -0.39 is 4.92 Å². The van der Waals surface area contributed by atoms with Crippen LogP contribution in [0.15, 0.2) is 30.5 Å². The van der Waals surface area contributed by atoms with E-state index in [9.17, 15) is 19.7 Å². The van der Waals surface area contributed by atoms with Crippen molar-refractivity contribution in [3.63, 3.8) is 0 Å². The molecule has 2 aromatic rings. The fraction of sp³-hybridized carbons (Fsp3) is 0.593. The van der Waals surface area contributed by atoms with Crippen LogP contribution >= 0.6 is 0 Å². The highest BCUT2D eigenvalue weighted by Crippen LogP contribution is 2.53. The molecule has 4 rings (SSSR count). The highest BCUT2D eigenvalue weighted by atomic mass is 16.6. The molecule has 2 N–H and O–H groups in total. The number of imidazole rings is 1. The van der Waals surface area contributed by atoms with Crippen LogP contribution in [0.1, 0.15) is 58.1 Å². The van der Waals surface area contributed by atoms with Crippen LogP contribution in [-0.4, -0.2) is 57.7 Å². The van der Waals surface area contributed by atoms with E-state index >= 15 is 0 Å². The molecule has 2 heterocycles. The molecule has 9 nitrogen and oxygen atoms in total. The topological polar surface area (TPSA) is 121 Å². The second-order valence-corrected chi connectivity index (χ2v) is 11.1. The van der Waals surface area contributed by atoms with E-state index in [0.717, 1.165) is 50.9 Å². The minimum absolute atomic E-state index is 0.00436. The number of likely N-dealkylation sites (tertiary alicyclic amines) is 1. The average molecular weight is 496 g/mol. The lowest BCUT2D eigenvalue weighted by Gasteiger charge is -2.51. The molecular weight excluding hydrogens is 458 g/mol. The lowest BCUT2D eigenvalue weighted by molar-refractivity contribution is -0.384. The van der Waals surface area contributed by atoms with Crippen LogP contribution in [0.4, 0.5) is 5.69 Å². The number of amides is 1. The lowest BCUT2D eigenvalue weighted by Crippen LogP contribution is -2.48. The van der Waals surface area contributed by atoms with Gasteiger partial charge in [-0.05, 0) is 63.6 Å². The van der Waals surface area contributed by atoms with Crippen molar-refractivity contribution in [2.24, 2.45) is 17.3 Å². The summed E-state index contributed by atoms with van der Waals surface area (Å²) in [7, 11) is 2.09. The maximum absolute atomic E-state index is 13.0. The van der Waals surface area contributed by atoms with Gasteiger partial charge in [0.15, 0.2) is 0 Å². The number of benzene rings is 1. The first-order chi connectivity index (χ1) is 17.1. The molecule has 2 atom stereocenters. The number of ketones is 1. The first-order valence-corrected chi connectivity index (χ1v) is 12.9. The third-order valence-electron chi connectivity index (χ3n) is 8.01. The van der Waals surface area contributed by atoms with Gasteiger partial charge in [0.2, 0.25) is 5.91 Å². The van der Waals surface area contributed by atoms with Gasteiger partial charge in [-0.3, -0.25) is 19.7 Å². The van der Waals surface area contributed by atoms with Crippen molar-refractivity contribution in [2.45, 2.75) is 64.8 Å². The Morgan fingerprint density at radius 2 is 2.00 bits per heavy atom. The Balaban J connectivity index is 1.27. The number of aryl methyl sites for hydroxylation is 1. The summed E-state index contributed by atoms with van der Waals surface area (Å²) in [5.74, 6) is 1.03. The number of carbonyl (C=O) groups is 2. The van der Waals surface area contributed by atoms with Gasteiger partial charge in [-0.15, -0.1) is 0 Å². The van der Waals surface area contributed by atoms with Gasteiger partial charge in [-0.1, -0.05) is 26.0 Å². The predicted molar refractivity (Wildman–Crippen MR) is 137 cm³/mol. The van der Waals surface area contributed by atoms with Crippen LogP contribution in [-0.2, 0) is 16.0 Å². The molecule has 1 aliphatic carbocycles. The number of aromatic nitrogens is 2. The number of aromatic amines is 1. The maximum atomic E-state index is 13.0. The number of non-ortho nitro benzene ring substituents is 1. The highest BCUT2D eigenvalue weighted by Gasteiger charge is 2.49. The molecule has 0 bridgehead atoms. The van der Waals surface area contributed by atoms with Crippen molar-refractivity contribution in [1.29, 1.82) is 0 Å². The summed E-state index contributed by atoms with van der Waals surface area (Å²) in [5.41, 5.74) is 1.73. The third-order valence-corrected chi connectivity index (χ3v) is 8.01. The SMILES string of the molecule is CN1CCC(NC(=O)CCC(=O)[C@H]2CC(C)(C)[C@@H]2CCc2cnc(-c3cccc([N+](=O)[O-])c3)[nH]2)CC1. The number of nitrogens with one attached hydrogen (secondary N) is 2. The number of Topliss-reactive ketones (excluding diaryl/α,β-unsaturated/α-hetero) is 1. The largest absolute Gasteiger partial charge is 0.353 e. The summed E-state index contributed by atoms with van der Waals surface area (Å²) in [4.78, 5) is 46.0. The first-order valence-electron chi connectivity index (χ1n) is 12.9. The van der Waals surface area contributed by atoms with E-state index in [2.05, 4.69) is 41.1 Å². The van der Waals surface area contributed by atoms with Crippen LogP contribution in [0.5, 0.6) is 0 Å². The molecule has 2 aliphatic rings. The van der Waals surface area contributed by atoms with Crippen molar-refractivity contribution in [3.05, 3.63) is 46.3 Å². The Morgan fingerprint density at radius 1 is 1.25 bits per heavy atom. The summed E-state index contributed by atoms with van der Waals surface area (Å²) in [6, 6.07) is 6.64. The van der Waals surface area contributed by atoms with Crippen molar-refractivity contribution in [3.8, 4) is 11.4 Å². The molecule has 36 heavy (non-hydrogen) atoms. The second kappa shape index (κ2) is 10.9. The zero-order chi connectivity index (χ0) is 25.9. The minimum atomic E-state index is -0.415. The van der Waals surface area contributed by atoms with E-state index in [-0.39, 0.29) is 47.1 Å². The number of nitro benzene ring substituents is 1. The summed E-state index contributed by atoms with van der Waals surface area (Å²) >= 11 is 0. The average Bonchev–Trinajstić information content (AvgIpc) is 3.32. The van der Waals surface area contributed by atoms with E-state index in [4.69, 9.17) is 0 Å². The van der Waals surface area contributed by atoms with Crippen molar-refractivity contribution >= 4 is 17.4 Å². The molecule has 0 radical (unpaired) electrons. The van der Waals surface area contributed by atoms with E-state index in [1.807, 2.05) is 0 Å². The number of H-pyrrole nitrogens is 1. The smallest absolute Gasteiger partial charge is 0.270 e. The van der Waals surface area contributed by atoms with Crippen LogP contribution in [0, 0.1) is 27.4 Å². The van der Waals surface area contributed by atoms with Gasteiger partial charge in [-0.25, -0.2) is 4.98 Å². The molecule has 9 heteroatoms. The number of hydrogen-bond donors (Lipinski definition) is 2. The summed E-state index contributed by atoms with van der Waals surface area (Å²) in [5, 5.41) is 14.2. The third kappa shape index (κ3) is 6.19. The van der Waals surface area contributed by atoms with Gasteiger partial charge in [0.1, 0.15) is 11.6 Å². The summed E-state index contributed by atoms with van der Waals surface area (Å²) < 4.78 is 0. The molecule has 1 saturated heterocycles. The van der Waals surface area contributed by atoms with Gasteiger partial charge in [0, 0.05) is 54.4 Å². The van der Waals surface area contributed by atoms with Crippen molar-refractivity contribution in [1.82, 2.24) is 20.2 Å². The van der Waals surface area contributed by atoms with E-state index in [0.29, 0.717) is 17.8 Å². The first kappa shape index (κ1) is 26.0. The monoisotopic (exact) mass is 495 g/mol. The molecule has 2 fully saturated rings. The molecule has 1 amide bonds. The zero-order valence-electron chi connectivity index (χ0n) is 21.5. The van der Waals surface area contributed by atoms with E-state index in [1.54, 1.807) is 18.3 Å². The normalized spacial score (nSPS) is 22.1. The standard InChI is InChI=1S/C27H37N5O4/c1-27(2)16-22(24(33)9-10-25(34)29-19-11-13-31(3)14-12-19)23(27)8-7-20-17-28-26(30-20)18-5-4-6-21(15-18)32(35)36/h4-6,15,17,19,22-23H,7-14,16H2,1-3H3,(H,28,30)(H,29,34)/t22-,23+/m0/s1. The highest BCUT2D eigenvalue weighted by molar-refractivity contribution is 5.87. The molecular formula is C27H37N5O4. The molecule has 1 aromatic carbocycles. The Kier molecular flexibility index (Phi) is 7.88. The Labute approximate surface area is 212 Å². The molecule has 0 unspecified atom stereocenters. The number of nitrogens with zero attached hydrogens (tertiary/aromatic N) is 3. The Hall–Kier alpha value is -3.07. The Bertz CT molecular complexity index is 1100. The molecule has 1 saturated carbocycles. The molecule has 1 aliphatic heterocycles.